The van der Waals surface area contributed by atoms with Crippen molar-refractivity contribution in [2.75, 3.05) is 13.2 Å². The van der Waals surface area contributed by atoms with Crippen LogP contribution >= 0.6 is 0 Å². The highest BCUT2D eigenvalue weighted by Gasteiger charge is 2.27. The molecule has 0 aromatic heterocycles. The van der Waals surface area contributed by atoms with Gasteiger partial charge in [-0.1, -0.05) is 44.2 Å². The molecule has 0 aliphatic carbocycles. The van der Waals surface area contributed by atoms with Crippen molar-refractivity contribution in [2.24, 2.45) is 5.92 Å². The van der Waals surface area contributed by atoms with E-state index in [-0.39, 0.29) is 49.5 Å². The van der Waals surface area contributed by atoms with E-state index in [1.54, 1.807) is 0 Å². The van der Waals surface area contributed by atoms with Crippen molar-refractivity contribution < 1.29 is 23.9 Å². The highest BCUT2D eigenvalue weighted by atomic mass is 16.5. The first-order valence-electron chi connectivity index (χ1n) is 10.2. The molecule has 2 N–H and O–H groups in total. The van der Waals surface area contributed by atoms with Crippen LogP contribution < -0.4 is 10.6 Å². The van der Waals surface area contributed by atoms with Crippen molar-refractivity contribution in [2.45, 2.75) is 64.3 Å². The van der Waals surface area contributed by atoms with Gasteiger partial charge in [-0.25, -0.2) is 0 Å². The molecule has 1 aliphatic rings. The minimum atomic E-state index is -0.727. The Kier molecular flexibility index (Phi) is 9.28. The number of ether oxygens (including phenoxy) is 2. The van der Waals surface area contributed by atoms with Crippen LogP contribution in [-0.2, 0) is 30.3 Å². The maximum Gasteiger partial charge on any atom is 0.243 e. The molecule has 1 fully saturated rings. The van der Waals surface area contributed by atoms with Crippen LogP contribution in [0.4, 0.5) is 0 Å². The largest absolute Gasteiger partial charge is 0.375 e. The van der Waals surface area contributed by atoms with E-state index in [2.05, 4.69) is 10.6 Å². The van der Waals surface area contributed by atoms with Gasteiger partial charge in [0, 0.05) is 6.04 Å². The van der Waals surface area contributed by atoms with Crippen LogP contribution in [0.15, 0.2) is 30.3 Å². The highest BCUT2D eigenvalue weighted by Crippen LogP contribution is 2.13. The average Bonchev–Trinajstić information content (AvgIpc) is 2.68. The summed E-state index contributed by atoms with van der Waals surface area (Å²) >= 11 is 0. The lowest BCUT2D eigenvalue weighted by Crippen LogP contribution is -2.52. The van der Waals surface area contributed by atoms with E-state index in [0.717, 1.165) is 5.56 Å². The van der Waals surface area contributed by atoms with Crippen LogP contribution in [0.25, 0.3) is 0 Å². The summed E-state index contributed by atoms with van der Waals surface area (Å²) in [6.07, 6.45) is 1.10. The van der Waals surface area contributed by atoms with Crippen molar-refractivity contribution >= 4 is 18.1 Å². The molecular formula is C22H32N2O5. The van der Waals surface area contributed by atoms with Gasteiger partial charge in [0.1, 0.15) is 12.1 Å². The Morgan fingerprint density at radius 3 is 2.52 bits per heavy atom. The van der Waals surface area contributed by atoms with Crippen molar-refractivity contribution in [3.05, 3.63) is 35.9 Å². The molecule has 29 heavy (non-hydrogen) atoms. The number of hydrogen-bond donors (Lipinski definition) is 2. The number of hydrogen-bond acceptors (Lipinski definition) is 5. The molecule has 1 aliphatic heterocycles. The molecule has 7 heteroatoms. The minimum Gasteiger partial charge on any atom is -0.375 e. The van der Waals surface area contributed by atoms with Crippen molar-refractivity contribution in [1.29, 1.82) is 0 Å². The molecule has 1 aromatic rings. The molecule has 0 spiro atoms. The predicted octanol–water partition coefficient (Wildman–Crippen LogP) is 1.64. The number of benzene rings is 1. The topological polar surface area (TPSA) is 93.7 Å². The number of rotatable bonds is 4. The fourth-order valence-electron chi connectivity index (χ4n) is 3.31. The molecule has 2 amide bonds. The van der Waals surface area contributed by atoms with Crippen LogP contribution in [0.1, 0.15) is 39.2 Å². The summed E-state index contributed by atoms with van der Waals surface area (Å²) in [5.74, 6) is -0.543. The lowest BCUT2D eigenvalue weighted by Gasteiger charge is -2.27. The number of aldehydes is 1. The number of carbonyl (C=O) groups excluding carboxylic acids is 3. The second kappa shape index (κ2) is 11.7. The molecule has 2 unspecified atom stereocenters. The second-order valence-electron chi connectivity index (χ2n) is 7.87. The van der Waals surface area contributed by atoms with Crippen LogP contribution in [0, 0.1) is 5.92 Å². The van der Waals surface area contributed by atoms with Crippen LogP contribution in [0.3, 0.4) is 0 Å². The van der Waals surface area contributed by atoms with Gasteiger partial charge in [-0.3, -0.25) is 9.59 Å². The fraction of sp³-hybridized carbons (Fsp3) is 0.591. The lowest BCUT2D eigenvalue weighted by molar-refractivity contribution is -0.134. The molecule has 0 bridgehead atoms. The van der Waals surface area contributed by atoms with Gasteiger partial charge in [-0.2, -0.15) is 0 Å². The van der Waals surface area contributed by atoms with Crippen molar-refractivity contribution in [3.63, 3.8) is 0 Å². The molecule has 1 saturated heterocycles. The zero-order valence-corrected chi connectivity index (χ0v) is 17.4. The summed E-state index contributed by atoms with van der Waals surface area (Å²) in [5.41, 5.74) is 1.12. The van der Waals surface area contributed by atoms with Crippen molar-refractivity contribution in [3.8, 4) is 0 Å². The van der Waals surface area contributed by atoms with Gasteiger partial charge in [-0.05, 0) is 31.2 Å². The van der Waals surface area contributed by atoms with Gasteiger partial charge >= 0.3 is 0 Å². The summed E-state index contributed by atoms with van der Waals surface area (Å²) in [5, 5.41) is 5.77. The number of amides is 2. The first kappa shape index (κ1) is 23.0. The van der Waals surface area contributed by atoms with E-state index in [1.807, 2.05) is 51.1 Å². The third-order valence-corrected chi connectivity index (χ3v) is 4.89. The summed E-state index contributed by atoms with van der Waals surface area (Å²) in [6.45, 7) is 5.89. The average molecular weight is 405 g/mol. The Morgan fingerprint density at radius 1 is 1.14 bits per heavy atom. The van der Waals surface area contributed by atoms with Crippen LogP contribution in [-0.4, -0.2) is 55.6 Å². The molecule has 2 rings (SSSR count). The van der Waals surface area contributed by atoms with Gasteiger partial charge in [0.25, 0.3) is 0 Å². The Labute approximate surface area is 172 Å². The Bertz CT molecular complexity index is 664. The molecule has 0 saturated carbocycles. The lowest BCUT2D eigenvalue weighted by atomic mass is 10.00. The van der Waals surface area contributed by atoms with E-state index in [1.165, 1.54) is 0 Å². The van der Waals surface area contributed by atoms with Gasteiger partial charge < -0.3 is 24.9 Å². The first-order chi connectivity index (χ1) is 13.9. The SMILES string of the molecule is CC(C)[C@H]1NC(=O)CCOC(C=O)COC(Cc2ccccc2)C[C@@H](C)NC1=O. The number of nitrogens with one attached hydrogen (secondary N) is 2. The third-order valence-electron chi connectivity index (χ3n) is 4.89. The van der Waals surface area contributed by atoms with E-state index >= 15 is 0 Å². The third kappa shape index (κ3) is 7.95. The maximum atomic E-state index is 12.7. The fourth-order valence-corrected chi connectivity index (χ4v) is 3.31. The van der Waals surface area contributed by atoms with Gasteiger partial charge in [0.15, 0.2) is 6.29 Å². The van der Waals surface area contributed by atoms with E-state index in [0.29, 0.717) is 19.1 Å². The minimum absolute atomic E-state index is 0.0564. The quantitative estimate of drug-likeness (QED) is 0.744. The van der Waals surface area contributed by atoms with Crippen LogP contribution in [0.2, 0.25) is 0 Å². The van der Waals surface area contributed by atoms with E-state index < -0.39 is 12.1 Å². The second-order valence-corrected chi connectivity index (χ2v) is 7.87. The molecule has 7 nitrogen and oxygen atoms in total. The van der Waals surface area contributed by atoms with Gasteiger partial charge in [0.2, 0.25) is 11.8 Å². The zero-order chi connectivity index (χ0) is 21.2. The Hall–Kier alpha value is -2.25. The molecule has 4 atom stereocenters. The molecule has 0 radical (unpaired) electrons. The maximum absolute atomic E-state index is 12.7. The normalized spacial score (nSPS) is 27.6. The standard InChI is InChI=1S/C22H32N2O5/c1-15(2)21-22(27)23-16(3)11-18(12-17-7-5-4-6-8-17)29-14-19(13-25)28-10-9-20(26)24-21/h4-8,13,15-16,18-19,21H,9-12,14H2,1-3H3,(H,23,27)(H,24,26)/t16-,18?,19?,21-/m1/s1. The molecule has 1 heterocycles. The Morgan fingerprint density at radius 2 is 1.86 bits per heavy atom. The highest BCUT2D eigenvalue weighted by molar-refractivity contribution is 5.88. The number of carbonyl (C=O) groups is 3. The summed E-state index contributed by atoms with van der Waals surface area (Å²) in [4.78, 5) is 36.2. The summed E-state index contributed by atoms with van der Waals surface area (Å²) in [6, 6.07) is 9.16. The molecule has 160 valence electrons. The van der Waals surface area contributed by atoms with Gasteiger partial charge in [-0.15, -0.1) is 0 Å². The van der Waals surface area contributed by atoms with E-state index in [9.17, 15) is 14.4 Å². The summed E-state index contributed by atoms with van der Waals surface area (Å²) < 4.78 is 11.5. The zero-order valence-electron chi connectivity index (χ0n) is 17.4. The first-order valence-corrected chi connectivity index (χ1v) is 10.2. The van der Waals surface area contributed by atoms with Crippen LogP contribution in [0.5, 0.6) is 0 Å². The monoisotopic (exact) mass is 404 g/mol. The predicted molar refractivity (Wildman–Crippen MR) is 109 cm³/mol. The molecule has 1 aromatic carbocycles. The molecular weight excluding hydrogens is 372 g/mol. The smallest absolute Gasteiger partial charge is 0.243 e. The van der Waals surface area contributed by atoms with E-state index in [4.69, 9.17) is 9.47 Å². The van der Waals surface area contributed by atoms with Gasteiger partial charge in [0.05, 0.1) is 25.7 Å². The summed E-state index contributed by atoms with van der Waals surface area (Å²) in [7, 11) is 0. The van der Waals surface area contributed by atoms with Crippen molar-refractivity contribution in [1.82, 2.24) is 10.6 Å². The Balaban J connectivity index is 2.14.